The molecule has 3 aromatic rings. The Balaban J connectivity index is 1.64. The molecule has 29 heavy (non-hydrogen) atoms. The van der Waals surface area contributed by atoms with E-state index in [1.54, 1.807) is 4.90 Å². The average Bonchev–Trinajstić information content (AvgIpc) is 3.17. The Hall–Kier alpha value is -2.89. The Morgan fingerprint density at radius 2 is 1.97 bits per heavy atom. The molecule has 0 saturated heterocycles. The van der Waals surface area contributed by atoms with Crippen LogP contribution in [-0.2, 0) is 4.79 Å². The molecule has 148 valence electrons. The van der Waals surface area contributed by atoms with Crippen molar-refractivity contribution in [3.05, 3.63) is 59.7 Å². The number of hydrogen-bond donors (Lipinski definition) is 1. The normalized spacial score (nSPS) is 10.4. The molecule has 0 bridgehead atoms. The molecule has 2 aromatic carbocycles. The molecule has 8 heteroatoms. The Kier molecular flexibility index (Phi) is 7.22. The molecule has 0 radical (unpaired) electrons. The van der Waals surface area contributed by atoms with Gasteiger partial charge in [-0.05, 0) is 49.2 Å². The summed E-state index contributed by atoms with van der Waals surface area (Å²) in [5.41, 5.74) is 4.04. The molecule has 6 nitrogen and oxygen atoms in total. The van der Waals surface area contributed by atoms with Gasteiger partial charge < -0.3 is 10.2 Å². The van der Waals surface area contributed by atoms with Crippen LogP contribution in [0.3, 0.4) is 0 Å². The van der Waals surface area contributed by atoms with Crippen LogP contribution in [0.4, 0.5) is 16.5 Å². The smallest absolute Gasteiger partial charge is 0.237 e. The zero-order valence-electron chi connectivity index (χ0n) is 16.3. The van der Waals surface area contributed by atoms with Crippen LogP contribution < -0.4 is 10.2 Å². The minimum atomic E-state index is -0.0544. The van der Waals surface area contributed by atoms with E-state index in [1.807, 2.05) is 62.4 Å². The number of nitriles is 1. The van der Waals surface area contributed by atoms with Crippen LogP contribution in [0, 0.1) is 25.2 Å². The van der Waals surface area contributed by atoms with Crippen LogP contribution >= 0.6 is 23.1 Å². The number of carbonyl (C=O) groups is 1. The van der Waals surface area contributed by atoms with E-state index in [9.17, 15) is 4.79 Å². The number of carbonyl (C=O) groups excluding carboxylic acids is 1. The van der Waals surface area contributed by atoms with Gasteiger partial charge in [-0.2, -0.15) is 5.26 Å². The lowest BCUT2D eigenvalue weighted by molar-refractivity contribution is -0.116. The van der Waals surface area contributed by atoms with Gasteiger partial charge in [0.2, 0.25) is 11.0 Å². The summed E-state index contributed by atoms with van der Waals surface area (Å²) in [5, 5.41) is 21.1. The second-order valence-electron chi connectivity index (χ2n) is 6.37. The molecule has 0 fully saturated rings. The fourth-order valence-electron chi connectivity index (χ4n) is 2.62. The Bertz CT molecular complexity index is 1010. The van der Waals surface area contributed by atoms with Crippen molar-refractivity contribution >= 4 is 45.5 Å². The largest absolute Gasteiger partial charge is 0.330 e. The average molecular weight is 424 g/mol. The van der Waals surface area contributed by atoms with Crippen molar-refractivity contribution in [2.45, 2.75) is 24.6 Å². The van der Waals surface area contributed by atoms with E-state index in [2.05, 4.69) is 21.6 Å². The van der Waals surface area contributed by atoms with Crippen molar-refractivity contribution in [2.24, 2.45) is 0 Å². The molecule has 1 aromatic heterocycles. The number of thioether (sulfide) groups is 1. The van der Waals surface area contributed by atoms with Gasteiger partial charge in [-0.25, -0.2) is 0 Å². The molecule has 1 amide bonds. The highest BCUT2D eigenvalue weighted by molar-refractivity contribution is 8.01. The second-order valence-corrected chi connectivity index (χ2v) is 8.57. The standard InChI is InChI=1S/C21H21N5OS2/c1-15-9-10-18(13-16(15)2)26(12-6-11-22)19(27)14-28-21-25-24-20(29-21)23-17-7-4-3-5-8-17/h3-5,7-10,13H,6,12,14H2,1-2H3,(H,23,24). The summed E-state index contributed by atoms with van der Waals surface area (Å²) in [6.07, 6.45) is 0.285. The number of anilines is 3. The highest BCUT2D eigenvalue weighted by Gasteiger charge is 2.17. The first kappa shape index (κ1) is 20.8. The zero-order valence-corrected chi connectivity index (χ0v) is 17.9. The van der Waals surface area contributed by atoms with Crippen LogP contribution in [0.25, 0.3) is 0 Å². The number of nitrogens with one attached hydrogen (secondary N) is 1. The molecule has 0 aliphatic carbocycles. The topological polar surface area (TPSA) is 81.9 Å². The fraction of sp³-hybridized carbons (Fsp3) is 0.238. The summed E-state index contributed by atoms with van der Waals surface area (Å²) in [4.78, 5) is 14.5. The molecule has 0 unspecified atom stereocenters. The number of hydrogen-bond acceptors (Lipinski definition) is 7. The lowest BCUT2D eigenvalue weighted by Gasteiger charge is -2.22. The first-order valence-corrected chi connectivity index (χ1v) is 10.9. The molecule has 0 spiro atoms. The fourth-order valence-corrected chi connectivity index (χ4v) is 4.27. The van der Waals surface area contributed by atoms with E-state index in [1.165, 1.54) is 28.7 Å². The third-order valence-corrected chi connectivity index (χ3v) is 6.26. The number of aromatic nitrogens is 2. The highest BCUT2D eigenvalue weighted by atomic mass is 32.2. The molecule has 0 aliphatic rings. The summed E-state index contributed by atoms with van der Waals surface area (Å²) in [6.45, 7) is 4.42. The van der Waals surface area contributed by atoms with Gasteiger partial charge in [0.25, 0.3) is 0 Å². The van der Waals surface area contributed by atoms with Gasteiger partial charge in [0.15, 0.2) is 4.34 Å². The van der Waals surface area contributed by atoms with Crippen LogP contribution in [-0.4, -0.2) is 28.4 Å². The van der Waals surface area contributed by atoms with Crippen LogP contribution in [0.5, 0.6) is 0 Å². The highest BCUT2D eigenvalue weighted by Crippen LogP contribution is 2.28. The Morgan fingerprint density at radius 1 is 1.17 bits per heavy atom. The van der Waals surface area contributed by atoms with Gasteiger partial charge in [-0.1, -0.05) is 47.4 Å². The lowest BCUT2D eigenvalue weighted by Crippen LogP contribution is -2.33. The first-order chi connectivity index (χ1) is 14.1. The number of benzene rings is 2. The summed E-state index contributed by atoms with van der Waals surface area (Å²) in [7, 11) is 0. The predicted molar refractivity (Wildman–Crippen MR) is 119 cm³/mol. The third kappa shape index (κ3) is 5.79. The summed E-state index contributed by atoms with van der Waals surface area (Å²) in [6, 6.07) is 17.8. The number of amides is 1. The minimum Gasteiger partial charge on any atom is -0.330 e. The van der Waals surface area contributed by atoms with Crippen LogP contribution in [0.1, 0.15) is 17.5 Å². The second kappa shape index (κ2) is 10.0. The molecule has 3 rings (SSSR count). The van der Waals surface area contributed by atoms with Crippen molar-refractivity contribution < 1.29 is 4.79 Å². The van der Waals surface area contributed by atoms with Gasteiger partial charge >= 0.3 is 0 Å². The van der Waals surface area contributed by atoms with Crippen LogP contribution in [0.15, 0.2) is 52.9 Å². The van der Waals surface area contributed by atoms with Crippen LogP contribution in [0.2, 0.25) is 0 Å². The maximum absolute atomic E-state index is 12.9. The number of para-hydroxylation sites is 1. The van der Waals surface area contributed by atoms with E-state index < -0.39 is 0 Å². The monoisotopic (exact) mass is 423 g/mol. The van der Waals surface area contributed by atoms with E-state index in [0.29, 0.717) is 11.7 Å². The van der Waals surface area contributed by atoms with E-state index in [0.717, 1.165) is 21.3 Å². The third-order valence-electron chi connectivity index (χ3n) is 4.30. The predicted octanol–water partition coefficient (Wildman–Crippen LogP) is 4.94. The minimum absolute atomic E-state index is 0.0544. The number of aryl methyl sites for hydroxylation is 2. The molecular weight excluding hydrogens is 402 g/mol. The first-order valence-electron chi connectivity index (χ1n) is 9.10. The van der Waals surface area contributed by atoms with Crippen molar-refractivity contribution in [2.75, 3.05) is 22.5 Å². The van der Waals surface area contributed by atoms with Gasteiger partial charge in [0.1, 0.15) is 0 Å². The molecule has 1 N–H and O–H groups in total. The van der Waals surface area contributed by atoms with Crippen molar-refractivity contribution in [1.82, 2.24) is 10.2 Å². The maximum atomic E-state index is 12.9. The van der Waals surface area contributed by atoms with Gasteiger partial charge in [-0.15, -0.1) is 10.2 Å². The van der Waals surface area contributed by atoms with Gasteiger partial charge in [0.05, 0.1) is 18.2 Å². The van der Waals surface area contributed by atoms with Gasteiger partial charge in [-0.3, -0.25) is 4.79 Å². The SMILES string of the molecule is Cc1ccc(N(CCC#N)C(=O)CSc2nnc(Nc3ccccc3)s2)cc1C. The number of nitrogens with zero attached hydrogens (tertiary/aromatic N) is 4. The van der Waals surface area contributed by atoms with Crippen molar-refractivity contribution in [3.8, 4) is 6.07 Å². The summed E-state index contributed by atoms with van der Waals surface area (Å²) in [5.74, 6) is 0.180. The van der Waals surface area contributed by atoms with E-state index in [4.69, 9.17) is 5.26 Å². The maximum Gasteiger partial charge on any atom is 0.237 e. The van der Waals surface area contributed by atoms with E-state index >= 15 is 0 Å². The Labute approximate surface area is 178 Å². The molecule has 0 aliphatic heterocycles. The number of rotatable bonds is 8. The quantitative estimate of drug-likeness (QED) is 0.517. The van der Waals surface area contributed by atoms with Crippen molar-refractivity contribution in [1.29, 1.82) is 5.26 Å². The van der Waals surface area contributed by atoms with Crippen molar-refractivity contribution in [3.63, 3.8) is 0 Å². The van der Waals surface area contributed by atoms with E-state index in [-0.39, 0.29) is 18.1 Å². The summed E-state index contributed by atoms with van der Waals surface area (Å²) < 4.78 is 0.720. The lowest BCUT2D eigenvalue weighted by atomic mass is 10.1. The molecule has 1 heterocycles. The zero-order chi connectivity index (χ0) is 20.6. The molecule has 0 atom stereocenters. The molecular formula is C21H21N5OS2. The Morgan fingerprint density at radius 3 is 2.69 bits per heavy atom. The molecule has 0 saturated carbocycles. The van der Waals surface area contributed by atoms with Gasteiger partial charge in [0, 0.05) is 17.9 Å². The summed E-state index contributed by atoms with van der Waals surface area (Å²) >= 11 is 2.76.